The van der Waals surface area contributed by atoms with Crippen molar-refractivity contribution in [1.82, 2.24) is 0 Å². The summed E-state index contributed by atoms with van der Waals surface area (Å²) >= 11 is 1.14. The maximum absolute atomic E-state index is 12.6. The molecule has 2 heterocycles. The van der Waals surface area contributed by atoms with Crippen LogP contribution in [-0.4, -0.2) is 58.4 Å². The third-order valence-electron chi connectivity index (χ3n) is 5.09. The summed E-state index contributed by atoms with van der Waals surface area (Å²) in [6.45, 7) is 3.53. The molecule has 2 fully saturated rings. The molecule has 2 aromatic carbocycles. The van der Waals surface area contributed by atoms with Crippen molar-refractivity contribution < 1.29 is 33.6 Å². The molecule has 1 N–H and O–H groups in total. The lowest BCUT2D eigenvalue weighted by molar-refractivity contribution is -0.158. The molecule has 4 rings (SSSR count). The molecule has 5 atom stereocenters. The molecular formula is C23H24O7S. The van der Waals surface area contributed by atoms with Gasteiger partial charge in [0.1, 0.15) is 24.3 Å². The van der Waals surface area contributed by atoms with Crippen LogP contribution in [-0.2, 0) is 18.9 Å². The molecule has 2 aromatic rings. The van der Waals surface area contributed by atoms with Crippen LogP contribution in [0, 0.1) is 0 Å². The van der Waals surface area contributed by atoms with Gasteiger partial charge in [0.15, 0.2) is 11.9 Å². The number of esters is 2. The zero-order chi connectivity index (χ0) is 22.0. The molecule has 0 bridgehead atoms. The predicted molar refractivity (Wildman–Crippen MR) is 114 cm³/mol. The summed E-state index contributed by atoms with van der Waals surface area (Å²) < 4.78 is 23.1. The van der Waals surface area contributed by atoms with Gasteiger partial charge in [0.25, 0.3) is 0 Å². The number of thioether (sulfide) groups is 1. The van der Waals surface area contributed by atoms with Crippen molar-refractivity contribution in [2.24, 2.45) is 0 Å². The summed E-state index contributed by atoms with van der Waals surface area (Å²) in [5.74, 6) is -1.94. The number of aliphatic hydroxyl groups is 1. The second kappa shape index (κ2) is 9.00. The molecule has 0 radical (unpaired) electrons. The molecule has 0 aromatic heterocycles. The quantitative estimate of drug-likeness (QED) is 0.704. The summed E-state index contributed by atoms with van der Waals surface area (Å²) in [6, 6.07) is 17.2. The Morgan fingerprint density at radius 2 is 1.48 bits per heavy atom. The zero-order valence-electron chi connectivity index (χ0n) is 17.2. The van der Waals surface area contributed by atoms with E-state index in [-0.39, 0.29) is 11.9 Å². The van der Waals surface area contributed by atoms with E-state index < -0.39 is 41.5 Å². The van der Waals surface area contributed by atoms with Crippen LogP contribution in [0.4, 0.5) is 0 Å². The Hall–Kier alpha value is -2.39. The van der Waals surface area contributed by atoms with Gasteiger partial charge in [0.05, 0.1) is 16.4 Å². The number of hydrogen-bond donors (Lipinski definition) is 1. The number of rotatable bonds is 5. The van der Waals surface area contributed by atoms with Gasteiger partial charge < -0.3 is 24.1 Å². The van der Waals surface area contributed by atoms with Crippen molar-refractivity contribution >= 4 is 23.7 Å². The Morgan fingerprint density at radius 1 is 0.935 bits per heavy atom. The molecule has 2 aliphatic rings. The summed E-state index contributed by atoms with van der Waals surface area (Å²) in [7, 11) is 0. The Morgan fingerprint density at radius 3 is 2.10 bits per heavy atom. The lowest BCUT2D eigenvalue weighted by atomic mass is 10.0. The third-order valence-corrected chi connectivity index (χ3v) is 6.39. The SMILES string of the molecule is CC1(C)O[C@@H]2[C@@H](OC(=O)c3ccccc3)[C@@H](O)S[C@H](COC(=O)c3ccccc3)[C@H]2O1. The van der Waals surface area contributed by atoms with Crippen LogP contribution in [0.25, 0.3) is 0 Å². The Kier molecular flexibility index (Phi) is 6.34. The molecule has 0 amide bonds. The van der Waals surface area contributed by atoms with E-state index in [1.165, 1.54) is 0 Å². The molecule has 0 unspecified atom stereocenters. The molecule has 7 nitrogen and oxygen atoms in total. The molecule has 2 aliphatic heterocycles. The fourth-order valence-corrected chi connectivity index (χ4v) is 4.93. The first kappa shape index (κ1) is 21.8. The van der Waals surface area contributed by atoms with Crippen LogP contribution in [0.3, 0.4) is 0 Å². The summed E-state index contributed by atoms with van der Waals surface area (Å²) in [6.07, 6.45) is -2.15. The highest BCUT2D eigenvalue weighted by atomic mass is 32.2. The van der Waals surface area contributed by atoms with Gasteiger partial charge in [-0.15, -0.1) is 11.8 Å². The lowest BCUT2D eigenvalue weighted by Gasteiger charge is -2.38. The Bertz CT molecular complexity index is 918. The Labute approximate surface area is 184 Å². The highest BCUT2D eigenvalue weighted by Gasteiger charge is 2.56. The fourth-order valence-electron chi connectivity index (χ4n) is 3.70. The molecule has 2 saturated heterocycles. The normalized spacial score (nSPS) is 29.1. The van der Waals surface area contributed by atoms with E-state index in [0.717, 1.165) is 11.8 Å². The average Bonchev–Trinajstić information content (AvgIpc) is 3.10. The number of carbonyl (C=O) groups excluding carboxylic acids is 2. The first-order chi connectivity index (χ1) is 14.8. The van der Waals surface area contributed by atoms with Crippen molar-refractivity contribution in [3.8, 4) is 0 Å². The van der Waals surface area contributed by atoms with Crippen LogP contribution in [0.1, 0.15) is 34.6 Å². The van der Waals surface area contributed by atoms with Gasteiger partial charge in [-0.2, -0.15) is 0 Å². The van der Waals surface area contributed by atoms with E-state index in [2.05, 4.69) is 0 Å². The zero-order valence-corrected chi connectivity index (χ0v) is 18.0. The summed E-state index contributed by atoms with van der Waals surface area (Å²) in [5.41, 5.74) is -0.237. The van der Waals surface area contributed by atoms with Gasteiger partial charge in [0.2, 0.25) is 0 Å². The number of hydrogen-bond acceptors (Lipinski definition) is 8. The summed E-state index contributed by atoms with van der Waals surface area (Å²) in [5, 5.41) is 10.4. The molecule has 0 saturated carbocycles. The number of carbonyl (C=O) groups is 2. The third kappa shape index (κ3) is 4.93. The summed E-state index contributed by atoms with van der Waals surface area (Å²) in [4.78, 5) is 24.9. The Balaban J connectivity index is 1.46. The van der Waals surface area contributed by atoms with Crippen molar-refractivity contribution in [2.75, 3.05) is 6.61 Å². The van der Waals surface area contributed by atoms with Crippen LogP contribution in [0.15, 0.2) is 60.7 Å². The minimum absolute atomic E-state index is 0.0232. The topological polar surface area (TPSA) is 91.3 Å². The number of ether oxygens (including phenoxy) is 4. The second-order valence-electron chi connectivity index (χ2n) is 7.83. The van der Waals surface area contributed by atoms with Crippen molar-refractivity contribution in [3.05, 3.63) is 71.8 Å². The van der Waals surface area contributed by atoms with Gasteiger partial charge in [-0.25, -0.2) is 9.59 Å². The van der Waals surface area contributed by atoms with E-state index in [1.54, 1.807) is 68.4 Å². The minimum atomic E-state index is -1.06. The highest BCUT2D eigenvalue weighted by Crippen LogP contribution is 2.43. The average molecular weight is 445 g/mol. The first-order valence-corrected chi connectivity index (χ1v) is 11.0. The lowest BCUT2D eigenvalue weighted by Crippen LogP contribution is -2.54. The van der Waals surface area contributed by atoms with Crippen LogP contribution < -0.4 is 0 Å². The van der Waals surface area contributed by atoms with E-state index in [4.69, 9.17) is 18.9 Å². The van der Waals surface area contributed by atoms with Crippen LogP contribution >= 0.6 is 11.8 Å². The molecule has 0 spiro atoms. The number of aliphatic hydroxyl groups excluding tert-OH is 1. The van der Waals surface area contributed by atoms with Gasteiger partial charge >= 0.3 is 11.9 Å². The number of benzene rings is 2. The maximum Gasteiger partial charge on any atom is 0.338 e. The van der Waals surface area contributed by atoms with Crippen molar-refractivity contribution in [2.45, 2.75) is 48.6 Å². The van der Waals surface area contributed by atoms with Gasteiger partial charge in [0, 0.05) is 0 Å². The van der Waals surface area contributed by atoms with Crippen LogP contribution in [0.5, 0.6) is 0 Å². The van der Waals surface area contributed by atoms with Gasteiger partial charge in [-0.05, 0) is 38.1 Å². The monoisotopic (exact) mass is 444 g/mol. The molecule has 8 heteroatoms. The minimum Gasteiger partial charge on any atom is -0.461 e. The van der Waals surface area contributed by atoms with E-state index in [9.17, 15) is 14.7 Å². The first-order valence-electron chi connectivity index (χ1n) is 10.0. The largest absolute Gasteiger partial charge is 0.461 e. The van der Waals surface area contributed by atoms with Crippen molar-refractivity contribution in [1.29, 1.82) is 0 Å². The van der Waals surface area contributed by atoms with Crippen LogP contribution in [0.2, 0.25) is 0 Å². The van der Waals surface area contributed by atoms with E-state index in [1.807, 2.05) is 6.07 Å². The molecule has 31 heavy (non-hydrogen) atoms. The molecular weight excluding hydrogens is 420 g/mol. The van der Waals surface area contributed by atoms with Gasteiger partial charge in [-0.1, -0.05) is 36.4 Å². The number of fused-ring (bicyclic) bond motifs is 1. The second-order valence-corrected chi connectivity index (χ2v) is 9.19. The maximum atomic E-state index is 12.6. The highest BCUT2D eigenvalue weighted by molar-refractivity contribution is 8.00. The van der Waals surface area contributed by atoms with E-state index >= 15 is 0 Å². The van der Waals surface area contributed by atoms with Crippen molar-refractivity contribution in [3.63, 3.8) is 0 Å². The molecule has 164 valence electrons. The standard InChI is InChI=1S/C23H24O7S/c1-23(2)29-17-16(13-27-20(24)14-9-5-3-6-10-14)31-22(26)19(18(17)30-23)28-21(25)15-11-7-4-8-12-15/h3-12,16-19,22,26H,13H2,1-2H3/t16-,17-,18+,19-,22+/m1/s1. The molecule has 0 aliphatic carbocycles. The fraction of sp³-hybridized carbons (Fsp3) is 0.391. The predicted octanol–water partition coefficient (Wildman–Crippen LogP) is 3.02. The smallest absolute Gasteiger partial charge is 0.338 e. The van der Waals surface area contributed by atoms with E-state index in [0.29, 0.717) is 11.1 Å². The van der Waals surface area contributed by atoms with Gasteiger partial charge in [-0.3, -0.25) is 0 Å².